The van der Waals surface area contributed by atoms with Crippen LogP contribution in [0, 0.1) is 5.82 Å². The van der Waals surface area contributed by atoms with Gasteiger partial charge in [-0.25, -0.2) is 4.39 Å². The highest BCUT2D eigenvalue weighted by atomic mass is 19.1. The van der Waals surface area contributed by atoms with Gasteiger partial charge in [-0.1, -0.05) is 13.0 Å². The predicted octanol–water partition coefficient (Wildman–Crippen LogP) is 2.71. The molecule has 106 valence electrons. The summed E-state index contributed by atoms with van der Waals surface area (Å²) in [6.45, 7) is 3.69. The van der Waals surface area contributed by atoms with Gasteiger partial charge in [-0.2, -0.15) is 0 Å². The number of ether oxygens (including phenoxy) is 1. The molecule has 0 bridgehead atoms. The Morgan fingerprint density at radius 3 is 2.68 bits per heavy atom. The monoisotopic (exact) mass is 266 g/mol. The third kappa shape index (κ3) is 3.25. The first kappa shape index (κ1) is 14.3. The minimum Gasteiger partial charge on any atom is -0.494 e. The standard InChI is InChI=1S/C15H23FN2O/c1-3-8-18(12-5-6-12)14(10-17)11-4-7-15(19-2)13(16)9-11/h4,7,9,12,14H,3,5-6,8,10,17H2,1-2H3. The van der Waals surface area contributed by atoms with Gasteiger partial charge in [0, 0.05) is 18.6 Å². The van der Waals surface area contributed by atoms with Crippen LogP contribution in [0.3, 0.4) is 0 Å². The van der Waals surface area contributed by atoms with Gasteiger partial charge in [0.1, 0.15) is 0 Å². The van der Waals surface area contributed by atoms with Crippen molar-refractivity contribution in [2.45, 2.75) is 38.3 Å². The summed E-state index contributed by atoms with van der Waals surface area (Å²) in [5.41, 5.74) is 6.87. The Kier molecular flexibility index (Phi) is 4.77. The second kappa shape index (κ2) is 6.35. The highest BCUT2D eigenvalue weighted by Crippen LogP contribution is 2.35. The number of halogens is 1. The van der Waals surface area contributed by atoms with Crippen LogP contribution in [0.1, 0.15) is 37.8 Å². The second-order valence-electron chi connectivity index (χ2n) is 5.11. The molecule has 1 saturated carbocycles. The molecular weight excluding hydrogens is 243 g/mol. The molecule has 4 heteroatoms. The van der Waals surface area contributed by atoms with E-state index < -0.39 is 0 Å². The maximum absolute atomic E-state index is 13.8. The molecule has 1 aliphatic carbocycles. The minimum atomic E-state index is -0.314. The van der Waals surface area contributed by atoms with Crippen LogP contribution >= 0.6 is 0 Å². The van der Waals surface area contributed by atoms with E-state index in [0.29, 0.717) is 12.6 Å². The highest BCUT2D eigenvalue weighted by Gasteiger charge is 2.33. The van der Waals surface area contributed by atoms with Crippen molar-refractivity contribution in [1.82, 2.24) is 4.90 Å². The number of benzene rings is 1. The lowest BCUT2D eigenvalue weighted by Crippen LogP contribution is -2.36. The third-order valence-corrected chi connectivity index (χ3v) is 3.68. The SMILES string of the molecule is CCCN(C1CC1)C(CN)c1ccc(OC)c(F)c1. The van der Waals surface area contributed by atoms with Crippen LogP contribution in [0.25, 0.3) is 0 Å². The van der Waals surface area contributed by atoms with Gasteiger partial charge < -0.3 is 10.5 Å². The van der Waals surface area contributed by atoms with Gasteiger partial charge in [0.05, 0.1) is 7.11 Å². The van der Waals surface area contributed by atoms with E-state index in [4.69, 9.17) is 10.5 Å². The van der Waals surface area contributed by atoms with Crippen LogP contribution in [0.15, 0.2) is 18.2 Å². The molecule has 1 fully saturated rings. The van der Waals surface area contributed by atoms with Crippen LogP contribution < -0.4 is 10.5 Å². The molecule has 2 rings (SSSR count). The van der Waals surface area contributed by atoms with Gasteiger partial charge in [0.15, 0.2) is 11.6 Å². The molecule has 19 heavy (non-hydrogen) atoms. The lowest BCUT2D eigenvalue weighted by Gasteiger charge is -2.31. The Morgan fingerprint density at radius 1 is 1.47 bits per heavy atom. The summed E-state index contributed by atoms with van der Waals surface area (Å²) >= 11 is 0. The van der Waals surface area contributed by atoms with E-state index in [9.17, 15) is 4.39 Å². The molecule has 0 amide bonds. The third-order valence-electron chi connectivity index (χ3n) is 3.68. The molecule has 1 aromatic carbocycles. The van der Waals surface area contributed by atoms with E-state index in [0.717, 1.165) is 18.5 Å². The second-order valence-corrected chi connectivity index (χ2v) is 5.11. The lowest BCUT2D eigenvalue weighted by molar-refractivity contribution is 0.191. The fraction of sp³-hybridized carbons (Fsp3) is 0.600. The van der Waals surface area contributed by atoms with Crippen LogP contribution in [-0.2, 0) is 0 Å². The van der Waals surface area contributed by atoms with E-state index >= 15 is 0 Å². The number of methoxy groups -OCH3 is 1. The molecule has 0 aromatic heterocycles. The molecule has 1 aromatic rings. The molecule has 0 heterocycles. The number of nitrogens with two attached hydrogens (primary N) is 1. The predicted molar refractivity (Wildman–Crippen MR) is 74.8 cm³/mol. The molecule has 1 atom stereocenters. The van der Waals surface area contributed by atoms with E-state index in [1.54, 1.807) is 12.1 Å². The Morgan fingerprint density at radius 2 is 2.21 bits per heavy atom. The summed E-state index contributed by atoms with van der Waals surface area (Å²) in [7, 11) is 1.48. The maximum Gasteiger partial charge on any atom is 0.165 e. The number of hydrogen-bond acceptors (Lipinski definition) is 3. The molecule has 1 aliphatic rings. The van der Waals surface area contributed by atoms with Crippen molar-refractivity contribution in [3.8, 4) is 5.75 Å². The van der Waals surface area contributed by atoms with Crippen LogP contribution in [0.2, 0.25) is 0 Å². The topological polar surface area (TPSA) is 38.5 Å². The van der Waals surface area contributed by atoms with Crippen molar-refractivity contribution in [3.05, 3.63) is 29.6 Å². The zero-order chi connectivity index (χ0) is 13.8. The van der Waals surface area contributed by atoms with Crippen molar-refractivity contribution in [2.24, 2.45) is 5.73 Å². The van der Waals surface area contributed by atoms with Gasteiger partial charge in [-0.3, -0.25) is 4.90 Å². The normalized spacial score (nSPS) is 16.7. The first-order valence-electron chi connectivity index (χ1n) is 7.00. The molecule has 0 aliphatic heterocycles. The summed E-state index contributed by atoms with van der Waals surface area (Å²) in [6.07, 6.45) is 3.55. The number of rotatable bonds is 7. The molecular formula is C15H23FN2O. The van der Waals surface area contributed by atoms with Gasteiger partial charge in [-0.15, -0.1) is 0 Å². The van der Waals surface area contributed by atoms with Crippen molar-refractivity contribution >= 4 is 0 Å². The van der Waals surface area contributed by atoms with Crippen molar-refractivity contribution in [3.63, 3.8) is 0 Å². The van der Waals surface area contributed by atoms with Gasteiger partial charge in [-0.05, 0) is 43.5 Å². The van der Waals surface area contributed by atoms with Gasteiger partial charge >= 0.3 is 0 Å². The summed E-state index contributed by atoms with van der Waals surface area (Å²) in [6, 6.07) is 5.89. The number of hydrogen-bond donors (Lipinski definition) is 1. The van der Waals surface area contributed by atoms with Crippen LogP contribution in [0.5, 0.6) is 5.75 Å². The molecule has 3 nitrogen and oxygen atoms in total. The highest BCUT2D eigenvalue weighted by molar-refractivity contribution is 5.31. The summed E-state index contributed by atoms with van der Waals surface area (Å²) in [5.74, 6) is -0.0290. The Balaban J connectivity index is 2.22. The molecule has 1 unspecified atom stereocenters. The van der Waals surface area contributed by atoms with E-state index in [1.165, 1.54) is 20.0 Å². The van der Waals surface area contributed by atoms with Gasteiger partial charge in [0.2, 0.25) is 0 Å². The first-order valence-corrected chi connectivity index (χ1v) is 7.00. The number of nitrogens with zero attached hydrogens (tertiary/aromatic N) is 1. The van der Waals surface area contributed by atoms with Crippen LogP contribution in [0.4, 0.5) is 4.39 Å². The average molecular weight is 266 g/mol. The van der Waals surface area contributed by atoms with E-state index in [2.05, 4.69) is 11.8 Å². The summed E-state index contributed by atoms with van der Waals surface area (Å²) in [4.78, 5) is 2.42. The Hall–Kier alpha value is -1.13. The van der Waals surface area contributed by atoms with Gasteiger partial charge in [0.25, 0.3) is 0 Å². The summed E-state index contributed by atoms with van der Waals surface area (Å²) in [5, 5.41) is 0. The van der Waals surface area contributed by atoms with Crippen molar-refractivity contribution < 1.29 is 9.13 Å². The lowest BCUT2D eigenvalue weighted by atomic mass is 10.0. The maximum atomic E-state index is 13.8. The molecule has 0 radical (unpaired) electrons. The van der Waals surface area contributed by atoms with E-state index in [-0.39, 0.29) is 17.6 Å². The fourth-order valence-corrected chi connectivity index (χ4v) is 2.61. The first-order chi connectivity index (χ1) is 9.21. The minimum absolute atomic E-state index is 0.104. The Bertz CT molecular complexity index is 421. The van der Waals surface area contributed by atoms with Crippen molar-refractivity contribution in [2.75, 3.05) is 20.2 Å². The largest absolute Gasteiger partial charge is 0.494 e. The molecule has 0 spiro atoms. The molecule has 2 N–H and O–H groups in total. The van der Waals surface area contributed by atoms with Crippen molar-refractivity contribution in [1.29, 1.82) is 0 Å². The van der Waals surface area contributed by atoms with Crippen LogP contribution in [-0.4, -0.2) is 31.1 Å². The summed E-state index contributed by atoms with van der Waals surface area (Å²) < 4.78 is 18.8. The smallest absolute Gasteiger partial charge is 0.165 e. The fourth-order valence-electron chi connectivity index (χ4n) is 2.61. The zero-order valence-corrected chi connectivity index (χ0v) is 11.7. The van der Waals surface area contributed by atoms with E-state index in [1.807, 2.05) is 6.07 Å². The zero-order valence-electron chi connectivity index (χ0n) is 11.7. The Labute approximate surface area is 114 Å². The average Bonchev–Trinajstić information content (AvgIpc) is 3.23. The molecule has 0 saturated heterocycles. The quantitative estimate of drug-likeness (QED) is 0.824.